The molecule has 1 aliphatic rings. The van der Waals surface area contributed by atoms with Gasteiger partial charge < -0.3 is 20.1 Å². The Morgan fingerprint density at radius 1 is 1.41 bits per heavy atom. The van der Waals surface area contributed by atoms with Crippen LogP contribution in [0, 0.1) is 0 Å². The summed E-state index contributed by atoms with van der Waals surface area (Å²) in [6.45, 7) is 6.62. The Kier molecular flexibility index (Phi) is 4.71. The average molecular weight is 306 g/mol. The zero-order chi connectivity index (χ0) is 16.3. The van der Waals surface area contributed by atoms with Crippen molar-refractivity contribution in [3.63, 3.8) is 0 Å². The van der Waals surface area contributed by atoms with Gasteiger partial charge in [-0.15, -0.1) is 0 Å². The van der Waals surface area contributed by atoms with Crippen molar-refractivity contribution in [3.05, 3.63) is 29.8 Å². The molecule has 6 heteroatoms. The summed E-state index contributed by atoms with van der Waals surface area (Å²) in [6, 6.07) is 6.86. The summed E-state index contributed by atoms with van der Waals surface area (Å²) in [5.74, 6) is -0.352. The van der Waals surface area contributed by atoms with Gasteiger partial charge in [0.25, 0.3) is 11.8 Å². The molecule has 1 fully saturated rings. The van der Waals surface area contributed by atoms with E-state index in [2.05, 4.69) is 0 Å². The number of morpholine rings is 1. The van der Waals surface area contributed by atoms with Crippen molar-refractivity contribution in [2.75, 3.05) is 19.7 Å². The van der Waals surface area contributed by atoms with E-state index in [9.17, 15) is 9.59 Å². The minimum atomic E-state index is -0.580. The number of para-hydroxylation sites is 1. The first kappa shape index (κ1) is 16.3. The van der Waals surface area contributed by atoms with Gasteiger partial charge in [-0.25, -0.2) is 0 Å². The number of rotatable bonds is 4. The summed E-state index contributed by atoms with van der Waals surface area (Å²) in [5.41, 5.74) is 5.12. The van der Waals surface area contributed by atoms with Gasteiger partial charge in [0.2, 0.25) is 0 Å². The van der Waals surface area contributed by atoms with Crippen LogP contribution in [0.3, 0.4) is 0 Å². The number of nitrogens with zero attached hydrogens (tertiary/aromatic N) is 1. The fourth-order valence-corrected chi connectivity index (χ4v) is 2.70. The summed E-state index contributed by atoms with van der Waals surface area (Å²) in [6.07, 6.45) is -0.0357. The van der Waals surface area contributed by atoms with Crippen LogP contribution in [-0.4, -0.2) is 48.1 Å². The Morgan fingerprint density at radius 3 is 2.73 bits per heavy atom. The molecule has 0 bridgehead atoms. The van der Waals surface area contributed by atoms with Gasteiger partial charge in [0.15, 0.2) is 6.61 Å². The van der Waals surface area contributed by atoms with E-state index in [4.69, 9.17) is 15.2 Å². The maximum atomic E-state index is 12.8. The van der Waals surface area contributed by atoms with Crippen molar-refractivity contribution in [2.45, 2.75) is 32.5 Å². The van der Waals surface area contributed by atoms with E-state index >= 15 is 0 Å². The first-order chi connectivity index (χ1) is 10.3. The highest BCUT2D eigenvalue weighted by molar-refractivity contribution is 5.97. The fourth-order valence-electron chi connectivity index (χ4n) is 2.70. The summed E-state index contributed by atoms with van der Waals surface area (Å²) in [5, 5.41) is 0. The molecule has 1 unspecified atom stereocenters. The molecule has 0 aromatic heterocycles. The van der Waals surface area contributed by atoms with Crippen LogP contribution in [0.2, 0.25) is 0 Å². The monoisotopic (exact) mass is 306 g/mol. The van der Waals surface area contributed by atoms with Crippen molar-refractivity contribution in [1.82, 2.24) is 4.90 Å². The molecule has 0 radical (unpaired) electrons. The molecule has 0 spiro atoms. The molecular weight excluding hydrogens is 284 g/mol. The molecule has 2 N–H and O–H groups in total. The maximum absolute atomic E-state index is 12.8. The summed E-state index contributed by atoms with van der Waals surface area (Å²) >= 11 is 0. The predicted molar refractivity (Wildman–Crippen MR) is 81.7 cm³/mol. The highest BCUT2D eigenvalue weighted by Gasteiger charge is 2.34. The number of carbonyl (C=O) groups is 2. The Labute approximate surface area is 130 Å². The number of amides is 2. The first-order valence-corrected chi connectivity index (χ1v) is 7.26. The van der Waals surface area contributed by atoms with Crippen LogP contribution in [-0.2, 0) is 9.53 Å². The summed E-state index contributed by atoms with van der Waals surface area (Å²) in [4.78, 5) is 25.4. The molecule has 1 heterocycles. The Balaban J connectivity index is 2.20. The first-order valence-electron chi connectivity index (χ1n) is 7.26. The second-order valence-electron chi connectivity index (χ2n) is 6.12. The van der Waals surface area contributed by atoms with Crippen LogP contribution in [0.4, 0.5) is 0 Å². The van der Waals surface area contributed by atoms with Gasteiger partial charge in [-0.1, -0.05) is 12.1 Å². The normalized spacial score (nSPS) is 20.5. The highest BCUT2D eigenvalue weighted by Crippen LogP contribution is 2.25. The molecule has 2 amide bonds. The standard InChI is InChI=1S/C16H22N2O4/c1-11-8-18(10-16(2,3)22-11)15(20)12-6-4-5-7-13(12)21-9-14(17)19/h4-7,11H,8-10H2,1-3H3,(H2,17,19). The summed E-state index contributed by atoms with van der Waals surface area (Å²) < 4.78 is 11.1. The van der Waals surface area contributed by atoms with E-state index in [1.165, 1.54) is 0 Å². The number of benzene rings is 1. The van der Waals surface area contributed by atoms with E-state index in [0.29, 0.717) is 24.4 Å². The summed E-state index contributed by atoms with van der Waals surface area (Å²) in [7, 11) is 0. The molecule has 1 aromatic rings. The van der Waals surface area contributed by atoms with E-state index in [0.717, 1.165) is 0 Å². The topological polar surface area (TPSA) is 81.9 Å². The third kappa shape index (κ3) is 3.98. The second kappa shape index (κ2) is 6.36. The van der Waals surface area contributed by atoms with Gasteiger partial charge in [0.1, 0.15) is 5.75 Å². The third-order valence-corrected chi connectivity index (χ3v) is 3.34. The third-order valence-electron chi connectivity index (χ3n) is 3.34. The van der Waals surface area contributed by atoms with E-state index in [1.807, 2.05) is 20.8 Å². The van der Waals surface area contributed by atoms with Crippen LogP contribution in [0.15, 0.2) is 24.3 Å². The zero-order valence-corrected chi connectivity index (χ0v) is 13.2. The van der Waals surface area contributed by atoms with Crippen LogP contribution < -0.4 is 10.5 Å². The molecule has 22 heavy (non-hydrogen) atoms. The molecule has 1 aromatic carbocycles. The lowest BCUT2D eigenvalue weighted by Gasteiger charge is -2.41. The van der Waals surface area contributed by atoms with Crippen molar-refractivity contribution < 1.29 is 19.1 Å². The molecule has 1 atom stereocenters. The van der Waals surface area contributed by atoms with Gasteiger partial charge in [-0.2, -0.15) is 0 Å². The number of hydrogen-bond acceptors (Lipinski definition) is 4. The Bertz CT molecular complexity index is 571. The molecular formula is C16H22N2O4. The van der Waals surface area contributed by atoms with Gasteiger partial charge in [0, 0.05) is 13.1 Å². The van der Waals surface area contributed by atoms with Gasteiger partial charge in [-0.3, -0.25) is 9.59 Å². The Morgan fingerprint density at radius 2 is 2.09 bits per heavy atom. The van der Waals surface area contributed by atoms with Crippen LogP contribution in [0.25, 0.3) is 0 Å². The molecule has 2 rings (SSSR count). The van der Waals surface area contributed by atoms with Crippen LogP contribution in [0.1, 0.15) is 31.1 Å². The average Bonchev–Trinajstić information content (AvgIpc) is 2.42. The van der Waals surface area contributed by atoms with Crippen molar-refractivity contribution in [1.29, 1.82) is 0 Å². The lowest BCUT2D eigenvalue weighted by atomic mass is 10.0. The minimum Gasteiger partial charge on any atom is -0.483 e. The fraction of sp³-hybridized carbons (Fsp3) is 0.500. The van der Waals surface area contributed by atoms with Gasteiger partial charge in [-0.05, 0) is 32.9 Å². The van der Waals surface area contributed by atoms with Crippen molar-refractivity contribution in [3.8, 4) is 5.75 Å². The number of ether oxygens (including phenoxy) is 2. The molecule has 1 saturated heterocycles. The number of primary amides is 1. The number of nitrogens with two attached hydrogens (primary N) is 1. The molecule has 0 aliphatic carbocycles. The largest absolute Gasteiger partial charge is 0.483 e. The second-order valence-corrected chi connectivity index (χ2v) is 6.12. The van der Waals surface area contributed by atoms with E-state index in [1.54, 1.807) is 29.2 Å². The SMILES string of the molecule is CC1CN(C(=O)c2ccccc2OCC(N)=O)CC(C)(C)O1. The van der Waals surface area contributed by atoms with E-state index < -0.39 is 11.5 Å². The number of carbonyl (C=O) groups excluding carboxylic acids is 2. The van der Waals surface area contributed by atoms with E-state index in [-0.39, 0.29) is 18.6 Å². The molecule has 1 aliphatic heterocycles. The smallest absolute Gasteiger partial charge is 0.257 e. The lowest BCUT2D eigenvalue weighted by Crippen LogP contribution is -2.53. The molecule has 6 nitrogen and oxygen atoms in total. The zero-order valence-electron chi connectivity index (χ0n) is 13.2. The lowest BCUT2D eigenvalue weighted by molar-refractivity contribution is -0.119. The predicted octanol–water partition coefficient (Wildman–Crippen LogP) is 1.19. The van der Waals surface area contributed by atoms with Gasteiger partial charge in [0.05, 0.1) is 17.3 Å². The Hall–Kier alpha value is -2.08. The minimum absolute atomic E-state index is 0.0357. The highest BCUT2D eigenvalue weighted by atomic mass is 16.5. The van der Waals surface area contributed by atoms with Gasteiger partial charge >= 0.3 is 0 Å². The van der Waals surface area contributed by atoms with Crippen LogP contribution in [0.5, 0.6) is 5.75 Å². The quantitative estimate of drug-likeness (QED) is 0.906. The van der Waals surface area contributed by atoms with Crippen molar-refractivity contribution in [2.24, 2.45) is 5.73 Å². The molecule has 0 saturated carbocycles. The molecule has 120 valence electrons. The maximum Gasteiger partial charge on any atom is 0.257 e. The van der Waals surface area contributed by atoms with Crippen molar-refractivity contribution >= 4 is 11.8 Å². The van der Waals surface area contributed by atoms with Crippen LogP contribution >= 0.6 is 0 Å². The number of hydrogen-bond donors (Lipinski definition) is 1.